The Hall–Kier alpha value is -1.42. The maximum Gasteiger partial charge on any atom is 0.128 e. The lowest BCUT2D eigenvalue weighted by atomic mass is 9.93. The molecule has 0 bridgehead atoms. The minimum absolute atomic E-state index is 0. The fourth-order valence-electron chi connectivity index (χ4n) is 3.88. The van der Waals surface area contributed by atoms with Crippen LogP contribution in [0.1, 0.15) is 69.0 Å². The summed E-state index contributed by atoms with van der Waals surface area (Å²) in [4.78, 5) is 0. The van der Waals surface area contributed by atoms with Crippen molar-refractivity contribution in [2.45, 2.75) is 70.6 Å². The van der Waals surface area contributed by atoms with Gasteiger partial charge in [0.2, 0.25) is 0 Å². The molecule has 3 nitrogen and oxygen atoms in total. The Morgan fingerprint density at radius 2 is 1.93 bits per heavy atom. The molecule has 160 valence electrons. The van der Waals surface area contributed by atoms with Crippen LogP contribution in [0.3, 0.4) is 0 Å². The zero-order chi connectivity index (χ0) is 19.8. The van der Waals surface area contributed by atoms with E-state index in [0.29, 0.717) is 0 Å². The van der Waals surface area contributed by atoms with Gasteiger partial charge in [-0.2, -0.15) is 0 Å². The lowest BCUT2D eigenvalue weighted by Crippen LogP contribution is -2.32. The Balaban J connectivity index is 0.00000300. The van der Waals surface area contributed by atoms with E-state index in [9.17, 15) is 0 Å². The highest BCUT2D eigenvalue weighted by Crippen LogP contribution is 2.38. The summed E-state index contributed by atoms with van der Waals surface area (Å²) in [5.74, 6) is 1.80. The number of halogens is 2. The SMILES string of the molecule is CCCCCCCC1CC(NCc2cccc(Cl)c2)c2ccc(OC)cc2O1.Cl. The van der Waals surface area contributed by atoms with Gasteiger partial charge in [0.05, 0.1) is 7.11 Å². The van der Waals surface area contributed by atoms with Gasteiger partial charge in [0, 0.05) is 35.7 Å². The van der Waals surface area contributed by atoms with E-state index in [4.69, 9.17) is 21.1 Å². The third-order valence-corrected chi connectivity index (χ3v) is 5.69. The van der Waals surface area contributed by atoms with Crippen LogP contribution in [-0.4, -0.2) is 13.2 Å². The minimum atomic E-state index is 0. The Labute approximate surface area is 186 Å². The van der Waals surface area contributed by atoms with Gasteiger partial charge in [-0.1, -0.05) is 62.4 Å². The van der Waals surface area contributed by atoms with Gasteiger partial charge in [-0.05, 0) is 36.6 Å². The Morgan fingerprint density at radius 1 is 1.10 bits per heavy atom. The van der Waals surface area contributed by atoms with Crippen molar-refractivity contribution in [1.82, 2.24) is 5.32 Å². The van der Waals surface area contributed by atoms with Crippen LogP contribution >= 0.6 is 24.0 Å². The molecule has 5 heteroatoms. The molecule has 2 aromatic carbocycles. The molecule has 1 N–H and O–H groups in total. The first kappa shape index (κ1) is 23.9. The summed E-state index contributed by atoms with van der Waals surface area (Å²) in [6.07, 6.45) is 8.80. The Morgan fingerprint density at radius 3 is 2.69 bits per heavy atom. The third kappa shape index (κ3) is 7.09. The van der Waals surface area contributed by atoms with Crippen LogP contribution < -0.4 is 14.8 Å². The number of benzene rings is 2. The van der Waals surface area contributed by atoms with Crippen LogP contribution in [0.5, 0.6) is 11.5 Å². The number of nitrogens with one attached hydrogen (secondary N) is 1. The summed E-state index contributed by atoms with van der Waals surface area (Å²) in [5.41, 5.74) is 2.41. The maximum absolute atomic E-state index is 6.34. The molecule has 2 atom stereocenters. The molecule has 0 saturated carbocycles. The van der Waals surface area contributed by atoms with Crippen LogP contribution in [0.4, 0.5) is 0 Å². The molecule has 0 aromatic heterocycles. The number of hydrogen-bond donors (Lipinski definition) is 1. The summed E-state index contributed by atoms with van der Waals surface area (Å²) in [7, 11) is 1.70. The van der Waals surface area contributed by atoms with Crippen LogP contribution in [-0.2, 0) is 6.54 Å². The normalized spacial score (nSPS) is 17.8. The first-order valence-corrected chi connectivity index (χ1v) is 10.9. The molecular weight excluding hydrogens is 405 g/mol. The van der Waals surface area contributed by atoms with E-state index in [1.807, 2.05) is 30.3 Å². The molecular formula is C24H33Cl2NO2. The van der Waals surface area contributed by atoms with Crippen molar-refractivity contribution < 1.29 is 9.47 Å². The average Bonchev–Trinajstić information content (AvgIpc) is 2.71. The van der Waals surface area contributed by atoms with Gasteiger partial charge in [0.15, 0.2) is 0 Å². The molecule has 1 heterocycles. The van der Waals surface area contributed by atoms with Gasteiger partial charge >= 0.3 is 0 Å². The molecule has 0 aliphatic carbocycles. The van der Waals surface area contributed by atoms with Crippen LogP contribution in [0.2, 0.25) is 5.02 Å². The van der Waals surface area contributed by atoms with Crippen molar-refractivity contribution in [2.24, 2.45) is 0 Å². The van der Waals surface area contributed by atoms with Gasteiger partial charge in [-0.15, -0.1) is 12.4 Å². The van der Waals surface area contributed by atoms with Gasteiger partial charge in [0.1, 0.15) is 17.6 Å². The molecule has 2 unspecified atom stereocenters. The van der Waals surface area contributed by atoms with Crippen LogP contribution in [0, 0.1) is 0 Å². The number of unbranched alkanes of at least 4 members (excludes halogenated alkanes) is 4. The van der Waals surface area contributed by atoms with Gasteiger partial charge in [-0.3, -0.25) is 0 Å². The number of ether oxygens (including phenoxy) is 2. The van der Waals surface area contributed by atoms with Crippen LogP contribution in [0.15, 0.2) is 42.5 Å². The lowest BCUT2D eigenvalue weighted by molar-refractivity contribution is 0.137. The second kappa shape index (κ2) is 12.3. The van der Waals surface area contributed by atoms with E-state index in [-0.39, 0.29) is 24.6 Å². The largest absolute Gasteiger partial charge is 0.497 e. The zero-order valence-corrected chi connectivity index (χ0v) is 19.0. The smallest absolute Gasteiger partial charge is 0.128 e. The quantitative estimate of drug-likeness (QED) is 0.401. The minimum Gasteiger partial charge on any atom is -0.497 e. The molecule has 2 aromatic rings. The first-order chi connectivity index (χ1) is 13.7. The molecule has 29 heavy (non-hydrogen) atoms. The lowest BCUT2D eigenvalue weighted by Gasteiger charge is -2.33. The van der Waals surface area contributed by atoms with Crippen molar-refractivity contribution in [3.63, 3.8) is 0 Å². The standard InChI is InChI=1S/C24H32ClNO2.ClH/c1-3-4-5-6-7-11-21-15-23(26-17-18-9-8-10-19(25)14-18)22-13-12-20(27-2)16-24(22)28-21;/h8-10,12-14,16,21,23,26H,3-7,11,15,17H2,1-2H3;1H. The zero-order valence-electron chi connectivity index (χ0n) is 17.5. The van der Waals surface area contributed by atoms with Gasteiger partial charge in [0.25, 0.3) is 0 Å². The molecule has 1 aliphatic rings. The van der Waals surface area contributed by atoms with Gasteiger partial charge < -0.3 is 14.8 Å². The van der Waals surface area contributed by atoms with Crippen LogP contribution in [0.25, 0.3) is 0 Å². The predicted octanol–water partition coefficient (Wildman–Crippen LogP) is 7.11. The summed E-state index contributed by atoms with van der Waals surface area (Å²) >= 11 is 6.14. The molecule has 1 aliphatic heterocycles. The highest BCUT2D eigenvalue weighted by Gasteiger charge is 2.28. The van der Waals surface area contributed by atoms with Gasteiger partial charge in [-0.25, -0.2) is 0 Å². The van der Waals surface area contributed by atoms with Crippen molar-refractivity contribution in [3.8, 4) is 11.5 Å². The van der Waals surface area contributed by atoms with E-state index in [1.54, 1.807) is 7.11 Å². The molecule has 0 fully saturated rings. The average molecular weight is 438 g/mol. The fraction of sp³-hybridized carbons (Fsp3) is 0.500. The highest BCUT2D eigenvalue weighted by molar-refractivity contribution is 6.30. The second-order valence-electron chi connectivity index (χ2n) is 7.65. The monoisotopic (exact) mass is 437 g/mol. The second-order valence-corrected chi connectivity index (χ2v) is 8.08. The van der Waals surface area contributed by atoms with Crippen molar-refractivity contribution in [2.75, 3.05) is 7.11 Å². The fourth-order valence-corrected chi connectivity index (χ4v) is 4.10. The predicted molar refractivity (Wildman–Crippen MR) is 124 cm³/mol. The first-order valence-electron chi connectivity index (χ1n) is 10.5. The highest BCUT2D eigenvalue weighted by atomic mass is 35.5. The Kier molecular flexibility index (Phi) is 10.1. The van der Waals surface area contributed by atoms with E-state index >= 15 is 0 Å². The van der Waals surface area contributed by atoms with Crippen molar-refractivity contribution >= 4 is 24.0 Å². The molecule has 0 radical (unpaired) electrons. The topological polar surface area (TPSA) is 30.5 Å². The summed E-state index contributed by atoms with van der Waals surface area (Å²) in [6.45, 7) is 3.05. The maximum atomic E-state index is 6.34. The number of fused-ring (bicyclic) bond motifs is 1. The molecule has 0 amide bonds. The van der Waals surface area contributed by atoms with E-state index in [2.05, 4.69) is 24.4 Å². The summed E-state index contributed by atoms with van der Waals surface area (Å²) in [5, 5.41) is 4.50. The molecule has 0 spiro atoms. The number of methoxy groups -OCH3 is 1. The van der Waals surface area contributed by atoms with E-state index in [1.165, 1.54) is 43.2 Å². The molecule has 3 rings (SSSR count). The Bertz CT molecular complexity index is 753. The third-order valence-electron chi connectivity index (χ3n) is 5.46. The summed E-state index contributed by atoms with van der Waals surface area (Å²) in [6, 6.07) is 14.5. The van der Waals surface area contributed by atoms with E-state index in [0.717, 1.165) is 35.9 Å². The number of rotatable bonds is 10. The summed E-state index contributed by atoms with van der Waals surface area (Å²) < 4.78 is 11.7. The number of hydrogen-bond acceptors (Lipinski definition) is 3. The van der Waals surface area contributed by atoms with E-state index < -0.39 is 0 Å². The van der Waals surface area contributed by atoms with Crippen molar-refractivity contribution in [3.05, 3.63) is 58.6 Å². The van der Waals surface area contributed by atoms with Crippen molar-refractivity contribution in [1.29, 1.82) is 0 Å². The molecule has 0 saturated heterocycles.